The van der Waals surface area contributed by atoms with E-state index in [9.17, 15) is 4.79 Å². The predicted octanol–water partition coefficient (Wildman–Crippen LogP) is 4.02. The molecule has 0 aliphatic heterocycles. The van der Waals surface area contributed by atoms with Crippen LogP contribution in [0.2, 0.25) is 0 Å². The van der Waals surface area contributed by atoms with E-state index in [1.54, 1.807) is 0 Å². The van der Waals surface area contributed by atoms with Crippen LogP contribution in [0.15, 0.2) is 11.6 Å². The molecule has 2 aliphatic carbocycles. The second-order valence-corrected chi connectivity index (χ2v) is 8.44. The summed E-state index contributed by atoms with van der Waals surface area (Å²) in [5.41, 5.74) is 1.45. The smallest absolute Gasteiger partial charge is 0.224 e. The number of hydrogen-bond acceptors (Lipinski definition) is 2. The fourth-order valence-electron chi connectivity index (χ4n) is 3.63. The molecule has 0 unspecified atom stereocenters. The lowest BCUT2D eigenvalue weighted by atomic mass is 9.94. The Morgan fingerprint density at radius 1 is 1.30 bits per heavy atom. The molecule has 2 rings (SSSR count). The Balaban J connectivity index is 1.91. The van der Waals surface area contributed by atoms with Crippen molar-refractivity contribution >= 4 is 17.7 Å². The Bertz CT molecular complexity index is 398. The first-order chi connectivity index (χ1) is 9.36. The van der Waals surface area contributed by atoms with Crippen LogP contribution in [0.4, 0.5) is 0 Å². The number of amides is 1. The van der Waals surface area contributed by atoms with Crippen LogP contribution in [-0.4, -0.2) is 23.5 Å². The van der Waals surface area contributed by atoms with Gasteiger partial charge in [-0.3, -0.25) is 4.79 Å². The molecular formula is C17H29NOS. The number of carbonyl (C=O) groups excluding carboxylic acids is 1. The molecule has 1 amide bonds. The quantitative estimate of drug-likeness (QED) is 0.794. The third-order valence-electron chi connectivity index (χ3n) is 5.01. The highest BCUT2D eigenvalue weighted by Gasteiger charge is 2.60. The normalized spacial score (nSPS) is 35.2. The molecule has 20 heavy (non-hydrogen) atoms. The van der Waals surface area contributed by atoms with Gasteiger partial charge >= 0.3 is 0 Å². The maximum absolute atomic E-state index is 12.5. The fraction of sp³-hybridized carbons (Fsp3) is 0.824. The van der Waals surface area contributed by atoms with Gasteiger partial charge < -0.3 is 5.32 Å². The lowest BCUT2D eigenvalue weighted by Crippen LogP contribution is -2.40. The van der Waals surface area contributed by atoms with E-state index in [-0.39, 0.29) is 17.2 Å². The zero-order valence-electron chi connectivity index (χ0n) is 13.5. The molecule has 2 nitrogen and oxygen atoms in total. The Morgan fingerprint density at radius 2 is 2.00 bits per heavy atom. The van der Waals surface area contributed by atoms with Crippen LogP contribution in [0.25, 0.3) is 0 Å². The molecule has 3 heteroatoms. The summed E-state index contributed by atoms with van der Waals surface area (Å²) in [7, 11) is 0. The van der Waals surface area contributed by atoms with Crippen LogP contribution >= 0.6 is 11.8 Å². The van der Waals surface area contributed by atoms with Crippen molar-refractivity contribution < 1.29 is 4.79 Å². The van der Waals surface area contributed by atoms with Gasteiger partial charge in [-0.15, -0.1) is 0 Å². The second kappa shape index (κ2) is 6.13. The van der Waals surface area contributed by atoms with Crippen LogP contribution in [0.5, 0.6) is 0 Å². The van der Waals surface area contributed by atoms with E-state index in [1.165, 1.54) is 18.4 Å². The van der Waals surface area contributed by atoms with Crippen LogP contribution in [-0.2, 0) is 4.79 Å². The number of nitrogens with one attached hydrogen (secondary N) is 1. The van der Waals surface area contributed by atoms with Crippen molar-refractivity contribution in [1.82, 2.24) is 5.32 Å². The van der Waals surface area contributed by atoms with Crippen LogP contribution < -0.4 is 5.32 Å². The van der Waals surface area contributed by atoms with Gasteiger partial charge in [-0.1, -0.05) is 31.9 Å². The Kier molecular flexibility index (Phi) is 4.88. The molecule has 114 valence electrons. The molecule has 1 N–H and O–H groups in total. The zero-order valence-corrected chi connectivity index (χ0v) is 14.3. The monoisotopic (exact) mass is 295 g/mol. The maximum Gasteiger partial charge on any atom is 0.224 e. The third kappa shape index (κ3) is 3.41. The summed E-state index contributed by atoms with van der Waals surface area (Å²) in [4.78, 5) is 12.5. The van der Waals surface area contributed by atoms with Crippen LogP contribution in [0.3, 0.4) is 0 Å². The summed E-state index contributed by atoms with van der Waals surface area (Å²) in [5, 5.41) is 4.05. The van der Waals surface area contributed by atoms with Gasteiger partial charge in [0.1, 0.15) is 0 Å². The van der Waals surface area contributed by atoms with Crippen LogP contribution in [0.1, 0.15) is 53.4 Å². The second-order valence-electron chi connectivity index (χ2n) is 7.30. The van der Waals surface area contributed by atoms with E-state index in [0.29, 0.717) is 12.0 Å². The van der Waals surface area contributed by atoms with Crippen molar-refractivity contribution in [2.75, 3.05) is 6.26 Å². The van der Waals surface area contributed by atoms with Gasteiger partial charge in [0.25, 0.3) is 0 Å². The first-order valence-electron chi connectivity index (χ1n) is 7.84. The van der Waals surface area contributed by atoms with Gasteiger partial charge in [-0.05, 0) is 50.7 Å². The van der Waals surface area contributed by atoms with Crippen molar-refractivity contribution in [3.8, 4) is 0 Å². The summed E-state index contributed by atoms with van der Waals surface area (Å²) < 4.78 is 0. The molecule has 0 heterocycles. The van der Waals surface area contributed by atoms with Gasteiger partial charge in [0.15, 0.2) is 0 Å². The molecule has 0 radical (unpaired) electrons. The average Bonchev–Trinajstić information content (AvgIpc) is 2.90. The predicted molar refractivity (Wildman–Crippen MR) is 87.9 cm³/mol. The number of thioether (sulfide) groups is 1. The molecule has 4 atom stereocenters. The van der Waals surface area contributed by atoms with E-state index in [0.717, 1.165) is 18.1 Å². The molecule has 2 fully saturated rings. The van der Waals surface area contributed by atoms with Gasteiger partial charge in [-0.25, -0.2) is 0 Å². The van der Waals surface area contributed by atoms with E-state index in [1.807, 2.05) is 11.8 Å². The molecule has 0 aromatic rings. The highest BCUT2D eigenvalue weighted by Crippen LogP contribution is 2.59. The molecule has 0 spiro atoms. The number of carbonyl (C=O) groups is 1. The zero-order chi connectivity index (χ0) is 14.9. The third-order valence-corrected chi connectivity index (χ3v) is 6.11. The molecule has 0 bridgehead atoms. The highest BCUT2D eigenvalue weighted by molar-refractivity contribution is 7.99. The van der Waals surface area contributed by atoms with Crippen molar-refractivity contribution in [2.45, 2.75) is 64.7 Å². The lowest BCUT2D eigenvalue weighted by Gasteiger charge is -2.28. The summed E-state index contributed by atoms with van der Waals surface area (Å²) in [6.45, 7) is 8.67. The van der Waals surface area contributed by atoms with E-state index in [4.69, 9.17) is 0 Å². The molecule has 0 saturated heterocycles. The lowest BCUT2D eigenvalue weighted by molar-refractivity contribution is -0.124. The number of rotatable bonds is 4. The molecule has 0 aromatic carbocycles. The molecule has 0 aromatic heterocycles. The Morgan fingerprint density at radius 3 is 2.60 bits per heavy atom. The number of allylic oxidation sites excluding steroid dienone is 2. The molecule has 2 aliphatic rings. The highest BCUT2D eigenvalue weighted by atomic mass is 32.2. The van der Waals surface area contributed by atoms with Crippen LogP contribution in [0, 0.1) is 17.3 Å². The first-order valence-corrected chi connectivity index (χ1v) is 9.13. The molecule has 2 saturated carbocycles. The first kappa shape index (κ1) is 15.9. The average molecular weight is 295 g/mol. The maximum atomic E-state index is 12.5. The minimum atomic E-state index is 0.134. The standard InChI is InChI=1S/C17H29NOS/c1-11(2)9-14-15(17(14,3)4)16(19)18-12-7-6-8-13(10-12)20-5/h9,12-15H,6-8,10H2,1-5H3,(H,18,19)/t12-,13+,14-,15+/m0/s1. The van der Waals surface area contributed by atoms with Crippen molar-refractivity contribution in [2.24, 2.45) is 17.3 Å². The van der Waals surface area contributed by atoms with E-state index < -0.39 is 0 Å². The number of hydrogen-bond donors (Lipinski definition) is 1. The van der Waals surface area contributed by atoms with Crippen molar-refractivity contribution in [3.63, 3.8) is 0 Å². The van der Waals surface area contributed by atoms with Gasteiger partial charge in [-0.2, -0.15) is 11.8 Å². The van der Waals surface area contributed by atoms with Crippen molar-refractivity contribution in [3.05, 3.63) is 11.6 Å². The van der Waals surface area contributed by atoms with E-state index >= 15 is 0 Å². The fourth-order valence-corrected chi connectivity index (χ4v) is 4.46. The minimum absolute atomic E-state index is 0.134. The van der Waals surface area contributed by atoms with Crippen molar-refractivity contribution in [1.29, 1.82) is 0 Å². The summed E-state index contributed by atoms with van der Waals surface area (Å²) in [5.74, 6) is 0.878. The largest absolute Gasteiger partial charge is 0.353 e. The minimum Gasteiger partial charge on any atom is -0.353 e. The Labute approximate surface area is 128 Å². The molecular weight excluding hydrogens is 266 g/mol. The van der Waals surface area contributed by atoms with Gasteiger partial charge in [0, 0.05) is 11.3 Å². The van der Waals surface area contributed by atoms with Gasteiger partial charge in [0.05, 0.1) is 5.92 Å². The summed E-state index contributed by atoms with van der Waals surface area (Å²) in [6.07, 6.45) is 9.32. The summed E-state index contributed by atoms with van der Waals surface area (Å²) in [6, 6.07) is 0.400. The van der Waals surface area contributed by atoms with Gasteiger partial charge in [0.2, 0.25) is 5.91 Å². The Hall–Kier alpha value is -0.440. The van der Waals surface area contributed by atoms with E-state index in [2.05, 4.69) is 45.3 Å². The summed E-state index contributed by atoms with van der Waals surface area (Å²) >= 11 is 1.95. The topological polar surface area (TPSA) is 29.1 Å². The SMILES string of the molecule is CS[C@@H]1CCC[C@H](NC(=O)[C@H]2[C@H](C=C(C)C)C2(C)C)C1.